The molecule has 1 aliphatic rings. The molecule has 1 N–H and O–H groups in total. The number of hydrogen-bond acceptors (Lipinski definition) is 4. The van der Waals surface area contributed by atoms with E-state index >= 15 is 0 Å². The Kier molecular flexibility index (Phi) is 4.98. The summed E-state index contributed by atoms with van der Waals surface area (Å²) in [6, 6.07) is 0. The molecular weight excluding hydrogens is 254 g/mol. The topological polar surface area (TPSA) is 28.2 Å². The van der Waals surface area contributed by atoms with Crippen LogP contribution in [0.15, 0.2) is 0 Å². The average Bonchev–Trinajstić information content (AvgIpc) is 2.95. The van der Waals surface area contributed by atoms with Gasteiger partial charge in [-0.05, 0) is 32.5 Å². The van der Waals surface area contributed by atoms with Gasteiger partial charge in [-0.2, -0.15) is 0 Å². The quantitative estimate of drug-likeness (QED) is 0.898. The molecule has 0 radical (unpaired) electrons. The van der Waals surface area contributed by atoms with Gasteiger partial charge in [0.2, 0.25) is 0 Å². The molecule has 0 aromatic carbocycles. The summed E-state index contributed by atoms with van der Waals surface area (Å²) in [5.41, 5.74) is 1.43. The summed E-state index contributed by atoms with van der Waals surface area (Å²) < 4.78 is 0. The Morgan fingerprint density at radius 2 is 1.95 bits per heavy atom. The molecule has 1 aliphatic heterocycles. The van der Waals surface area contributed by atoms with Gasteiger partial charge < -0.3 is 5.32 Å². The van der Waals surface area contributed by atoms with E-state index in [0.717, 1.165) is 19.6 Å². The van der Waals surface area contributed by atoms with Crippen molar-refractivity contribution in [3.63, 3.8) is 0 Å². The molecule has 0 saturated carbocycles. The minimum absolute atomic E-state index is 0.143. The SMILES string of the molecule is CCNCc1sc(CN2CCCC2)nc1C(C)(C)C. The first-order valence-electron chi connectivity index (χ1n) is 7.43. The van der Waals surface area contributed by atoms with Crippen molar-refractivity contribution in [2.24, 2.45) is 0 Å². The second kappa shape index (κ2) is 6.33. The van der Waals surface area contributed by atoms with Crippen molar-refractivity contribution >= 4 is 11.3 Å². The van der Waals surface area contributed by atoms with Gasteiger partial charge in [0.1, 0.15) is 5.01 Å². The zero-order valence-electron chi connectivity index (χ0n) is 12.8. The normalized spacial score (nSPS) is 17.3. The summed E-state index contributed by atoms with van der Waals surface area (Å²) in [7, 11) is 0. The van der Waals surface area contributed by atoms with E-state index in [1.807, 2.05) is 11.3 Å². The Morgan fingerprint density at radius 1 is 1.26 bits per heavy atom. The second-order valence-corrected chi connectivity index (χ2v) is 7.56. The summed E-state index contributed by atoms with van der Waals surface area (Å²) in [6.07, 6.45) is 2.70. The van der Waals surface area contributed by atoms with Gasteiger partial charge in [-0.25, -0.2) is 4.98 Å². The molecular formula is C15H27N3S. The lowest BCUT2D eigenvalue weighted by Gasteiger charge is -2.17. The molecule has 0 aliphatic carbocycles. The molecule has 0 bridgehead atoms. The molecule has 108 valence electrons. The maximum atomic E-state index is 4.93. The Labute approximate surface area is 121 Å². The number of hydrogen-bond donors (Lipinski definition) is 1. The highest BCUT2D eigenvalue weighted by atomic mass is 32.1. The summed E-state index contributed by atoms with van der Waals surface area (Å²) in [4.78, 5) is 8.88. The van der Waals surface area contributed by atoms with E-state index in [9.17, 15) is 0 Å². The van der Waals surface area contributed by atoms with Gasteiger partial charge in [-0.1, -0.05) is 27.7 Å². The molecule has 0 atom stereocenters. The Morgan fingerprint density at radius 3 is 2.53 bits per heavy atom. The number of nitrogens with one attached hydrogen (secondary N) is 1. The number of aromatic nitrogens is 1. The molecule has 1 aromatic heterocycles. The van der Waals surface area contributed by atoms with Crippen LogP contribution in [0, 0.1) is 0 Å². The van der Waals surface area contributed by atoms with Crippen LogP contribution in [0.2, 0.25) is 0 Å². The summed E-state index contributed by atoms with van der Waals surface area (Å²) in [6.45, 7) is 14.4. The molecule has 1 fully saturated rings. The smallest absolute Gasteiger partial charge is 0.107 e. The lowest BCUT2D eigenvalue weighted by molar-refractivity contribution is 0.330. The summed E-state index contributed by atoms with van der Waals surface area (Å²) in [5, 5.41) is 4.73. The molecule has 0 amide bonds. The highest BCUT2D eigenvalue weighted by molar-refractivity contribution is 7.11. The van der Waals surface area contributed by atoms with Crippen molar-refractivity contribution < 1.29 is 0 Å². The van der Waals surface area contributed by atoms with Crippen LogP contribution < -0.4 is 5.32 Å². The van der Waals surface area contributed by atoms with Gasteiger partial charge in [0.25, 0.3) is 0 Å². The Balaban J connectivity index is 2.13. The molecule has 0 unspecified atom stereocenters. The van der Waals surface area contributed by atoms with Gasteiger partial charge >= 0.3 is 0 Å². The fourth-order valence-electron chi connectivity index (χ4n) is 2.54. The van der Waals surface area contributed by atoms with E-state index in [-0.39, 0.29) is 5.41 Å². The lowest BCUT2D eigenvalue weighted by Crippen LogP contribution is -2.19. The predicted octanol–water partition coefficient (Wildman–Crippen LogP) is 3.15. The zero-order valence-corrected chi connectivity index (χ0v) is 13.6. The van der Waals surface area contributed by atoms with Crippen molar-refractivity contribution in [2.75, 3.05) is 19.6 Å². The standard InChI is InChI=1S/C15H27N3S/c1-5-16-10-12-14(15(2,3)4)17-13(19-12)11-18-8-6-7-9-18/h16H,5-11H2,1-4H3. The van der Waals surface area contributed by atoms with E-state index in [1.165, 1.54) is 41.5 Å². The van der Waals surface area contributed by atoms with Gasteiger partial charge in [-0.3, -0.25) is 4.90 Å². The van der Waals surface area contributed by atoms with Crippen LogP contribution in [0.3, 0.4) is 0 Å². The van der Waals surface area contributed by atoms with Crippen molar-refractivity contribution in [2.45, 2.75) is 59.0 Å². The predicted molar refractivity (Wildman–Crippen MR) is 82.7 cm³/mol. The number of likely N-dealkylation sites (tertiary alicyclic amines) is 1. The second-order valence-electron chi connectivity index (χ2n) is 6.39. The third-order valence-electron chi connectivity index (χ3n) is 3.55. The van der Waals surface area contributed by atoms with Gasteiger partial charge in [0, 0.05) is 16.8 Å². The highest BCUT2D eigenvalue weighted by Gasteiger charge is 2.24. The van der Waals surface area contributed by atoms with Gasteiger partial charge in [-0.15, -0.1) is 11.3 Å². The Bertz CT molecular complexity index is 400. The summed E-state index contributed by atoms with van der Waals surface area (Å²) in [5.74, 6) is 0. The van der Waals surface area contributed by atoms with E-state index in [4.69, 9.17) is 4.98 Å². The largest absolute Gasteiger partial charge is 0.312 e. The zero-order chi connectivity index (χ0) is 13.9. The van der Waals surface area contributed by atoms with Crippen molar-refractivity contribution in [3.05, 3.63) is 15.6 Å². The fourth-order valence-corrected chi connectivity index (χ4v) is 3.84. The minimum Gasteiger partial charge on any atom is -0.312 e. The molecule has 1 saturated heterocycles. The number of thiazole rings is 1. The first-order valence-corrected chi connectivity index (χ1v) is 8.24. The van der Waals surface area contributed by atoms with Crippen LogP contribution in [0.5, 0.6) is 0 Å². The maximum Gasteiger partial charge on any atom is 0.107 e. The molecule has 4 heteroatoms. The van der Waals surface area contributed by atoms with Crippen LogP contribution in [0.1, 0.15) is 56.1 Å². The first kappa shape index (κ1) is 14.9. The number of nitrogens with zero attached hydrogens (tertiary/aromatic N) is 2. The number of rotatable bonds is 5. The first-order chi connectivity index (χ1) is 9.00. The molecule has 1 aromatic rings. The summed E-state index contributed by atoms with van der Waals surface area (Å²) >= 11 is 1.90. The minimum atomic E-state index is 0.143. The van der Waals surface area contributed by atoms with Crippen LogP contribution in [-0.2, 0) is 18.5 Å². The van der Waals surface area contributed by atoms with E-state index in [2.05, 4.69) is 37.9 Å². The van der Waals surface area contributed by atoms with E-state index in [0.29, 0.717) is 0 Å². The van der Waals surface area contributed by atoms with Crippen molar-refractivity contribution in [3.8, 4) is 0 Å². The van der Waals surface area contributed by atoms with E-state index < -0.39 is 0 Å². The monoisotopic (exact) mass is 281 g/mol. The molecule has 3 nitrogen and oxygen atoms in total. The molecule has 19 heavy (non-hydrogen) atoms. The molecule has 0 spiro atoms. The Hall–Kier alpha value is -0.450. The van der Waals surface area contributed by atoms with Crippen LogP contribution >= 0.6 is 11.3 Å². The molecule has 2 heterocycles. The maximum absolute atomic E-state index is 4.93. The fraction of sp³-hybridized carbons (Fsp3) is 0.800. The van der Waals surface area contributed by atoms with Crippen LogP contribution in [0.25, 0.3) is 0 Å². The average molecular weight is 281 g/mol. The van der Waals surface area contributed by atoms with Crippen LogP contribution in [-0.4, -0.2) is 29.5 Å². The third-order valence-corrected chi connectivity index (χ3v) is 4.59. The molecule has 2 rings (SSSR count). The van der Waals surface area contributed by atoms with E-state index in [1.54, 1.807) is 0 Å². The van der Waals surface area contributed by atoms with Crippen LogP contribution in [0.4, 0.5) is 0 Å². The van der Waals surface area contributed by atoms with Gasteiger partial charge in [0.15, 0.2) is 0 Å². The van der Waals surface area contributed by atoms with Crippen molar-refractivity contribution in [1.82, 2.24) is 15.2 Å². The van der Waals surface area contributed by atoms with Gasteiger partial charge in [0.05, 0.1) is 12.2 Å². The third kappa shape index (κ3) is 4.01. The highest BCUT2D eigenvalue weighted by Crippen LogP contribution is 2.30. The lowest BCUT2D eigenvalue weighted by atomic mass is 9.91. The van der Waals surface area contributed by atoms with Crippen molar-refractivity contribution in [1.29, 1.82) is 0 Å².